The molecule has 0 amide bonds. The third-order valence-corrected chi connectivity index (χ3v) is 6.42. The highest BCUT2D eigenvalue weighted by atomic mass is 32.2. The van der Waals surface area contributed by atoms with Gasteiger partial charge in [-0.3, -0.25) is 4.90 Å². The van der Waals surface area contributed by atoms with Crippen molar-refractivity contribution >= 4 is 10.2 Å². The highest BCUT2D eigenvalue weighted by Crippen LogP contribution is 2.18. The number of piperidine rings is 1. The Balaban J connectivity index is 1.84. The molecule has 0 spiro atoms. The Hall–Kier alpha value is -0.170. The van der Waals surface area contributed by atoms with Crippen LogP contribution in [0.2, 0.25) is 0 Å². The van der Waals surface area contributed by atoms with E-state index in [-0.39, 0.29) is 0 Å². The van der Waals surface area contributed by atoms with Gasteiger partial charge in [-0.25, -0.2) is 0 Å². The first-order valence-electron chi connectivity index (χ1n) is 7.47. The molecule has 2 aliphatic rings. The van der Waals surface area contributed by atoms with Crippen LogP contribution in [0.3, 0.4) is 0 Å². The van der Waals surface area contributed by atoms with Crippen LogP contribution in [0.5, 0.6) is 0 Å². The van der Waals surface area contributed by atoms with E-state index in [1.807, 2.05) is 0 Å². The number of rotatable bonds is 5. The van der Waals surface area contributed by atoms with Crippen molar-refractivity contribution < 1.29 is 8.42 Å². The lowest BCUT2D eigenvalue weighted by molar-refractivity contribution is 0.153. The second kappa shape index (κ2) is 6.52. The average molecular weight is 289 g/mol. The minimum absolute atomic E-state index is 0.594. The van der Waals surface area contributed by atoms with Crippen molar-refractivity contribution in [2.45, 2.75) is 45.1 Å². The number of nitrogens with zero attached hydrogens (tertiary/aromatic N) is 3. The second-order valence-corrected chi connectivity index (χ2v) is 7.85. The molecule has 0 aromatic carbocycles. The molecule has 0 aliphatic carbocycles. The van der Waals surface area contributed by atoms with Gasteiger partial charge in [-0.2, -0.15) is 17.0 Å². The van der Waals surface area contributed by atoms with Crippen molar-refractivity contribution in [2.75, 3.05) is 39.8 Å². The molecule has 0 aromatic heterocycles. The predicted octanol–water partition coefficient (Wildman–Crippen LogP) is 1.13. The number of hydrogen-bond donors (Lipinski definition) is 0. The van der Waals surface area contributed by atoms with Crippen molar-refractivity contribution in [1.29, 1.82) is 0 Å². The highest BCUT2D eigenvalue weighted by Gasteiger charge is 2.29. The van der Waals surface area contributed by atoms with Crippen LogP contribution >= 0.6 is 0 Å². The standard InChI is InChI=1S/C13H27N3O2S/c1-13-7-3-4-8-15(13)12-11-14(2)19(17,18)16-9-5-6-10-16/h13H,3-12H2,1-2H3. The molecule has 0 bridgehead atoms. The van der Waals surface area contributed by atoms with Crippen LogP contribution in [0.4, 0.5) is 0 Å². The van der Waals surface area contributed by atoms with Crippen LogP contribution in [0, 0.1) is 0 Å². The Kier molecular flexibility index (Phi) is 5.22. The zero-order valence-corrected chi connectivity index (χ0v) is 13.0. The molecule has 0 saturated carbocycles. The third kappa shape index (κ3) is 3.68. The normalized spacial score (nSPS) is 27.2. The Morgan fingerprint density at radius 1 is 1.11 bits per heavy atom. The van der Waals surface area contributed by atoms with Gasteiger partial charge >= 0.3 is 0 Å². The van der Waals surface area contributed by atoms with Crippen LogP contribution in [0.25, 0.3) is 0 Å². The summed E-state index contributed by atoms with van der Waals surface area (Å²) in [5, 5.41) is 0. The maximum absolute atomic E-state index is 12.3. The largest absolute Gasteiger partial charge is 0.299 e. The minimum atomic E-state index is -3.22. The van der Waals surface area contributed by atoms with Gasteiger partial charge in [-0.15, -0.1) is 0 Å². The van der Waals surface area contributed by atoms with E-state index in [2.05, 4.69) is 11.8 Å². The summed E-state index contributed by atoms with van der Waals surface area (Å²) in [6.45, 7) is 6.18. The van der Waals surface area contributed by atoms with Crippen LogP contribution in [-0.2, 0) is 10.2 Å². The lowest BCUT2D eigenvalue weighted by atomic mass is 10.0. The average Bonchev–Trinajstić information content (AvgIpc) is 2.92. The van der Waals surface area contributed by atoms with Crippen LogP contribution in [0.15, 0.2) is 0 Å². The van der Waals surface area contributed by atoms with E-state index in [9.17, 15) is 8.42 Å². The summed E-state index contributed by atoms with van der Waals surface area (Å²) in [5.41, 5.74) is 0. The second-order valence-electron chi connectivity index (χ2n) is 5.82. The van der Waals surface area contributed by atoms with E-state index in [0.29, 0.717) is 25.7 Å². The quantitative estimate of drug-likeness (QED) is 0.762. The van der Waals surface area contributed by atoms with Gasteiger partial charge in [0.25, 0.3) is 10.2 Å². The molecule has 1 atom stereocenters. The van der Waals surface area contributed by atoms with Crippen molar-refractivity contribution in [3.63, 3.8) is 0 Å². The number of hydrogen-bond acceptors (Lipinski definition) is 3. The van der Waals surface area contributed by atoms with Gasteiger partial charge in [0.05, 0.1) is 0 Å². The molecule has 0 radical (unpaired) electrons. The van der Waals surface area contributed by atoms with Gasteiger partial charge in [-0.1, -0.05) is 6.42 Å². The number of likely N-dealkylation sites (tertiary alicyclic amines) is 1. The molecule has 112 valence electrons. The molecule has 1 unspecified atom stereocenters. The van der Waals surface area contributed by atoms with Crippen molar-refractivity contribution in [3.8, 4) is 0 Å². The van der Waals surface area contributed by atoms with E-state index in [0.717, 1.165) is 25.9 Å². The molecular formula is C13H27N3O2S. The fourth-order valence-corrected chi connectivity index (χ4v) is 4.42. The highest BCUT2D eigenvalue weighted by molar-refractivity contribution is 7.86. The molecule has 2 aliphatic heterocycles. The van der Waals surface area contributed by atoms with Gasteiger partial charge in [0, 0.05) is 39.3 Å². The topological polar surface area (TPSA) is 43.9 Å². The Bertz CT molecular complexity index is 379. The van der Waals surface area contributed by atoms with E-state index < -0.39 is 10.2 Å². The first kappa shape index (κ1) is 15.2. The number of likely N-dealkylation sites (N-methyl/N-ethyl adjacent to an activating group) is 1. The summed E-state index contributed by atoms with van der Waals surface area (Å²) in [7, 11) is -1.51. The summed E-state index contributed by atoms with van der Waals surface area (Å²) in [4.78, 5) is 2.42. The maximum atomic E-state index is 12.3. The molecule has 0 N–H and O–H groups in total. The smallest absolute Gasteiger partial charge is 0.281 e. The SMILES string of the molecule is CC1CCCCN1CCN(C)S(=O)(=O)N1CCCC1. The van der Waals surface area contributed by atoms with Crippen molar-refractivity contribution in [3.05, 3.63) is 0 Å². The van der Waals surface area contributed by atoms with Crippen LogP contribution in [0.1, 0.15) is 39.0 Å². The fraction of sp³-hybridized carbons (Fsp3) is 1.00. The molecule has 2 heterocycles. The zero-order valence-electron chi connectivity index (χ0n) is 12.2. The van der Waals surface area contributed by atoms with Crippen molar-refractivity contribution in [2.24, 2.45) is 0 Å². The maximum Gasteiger partial charge on any atom is 0.281 e. The van der Waals surface area contributed by atoms with Gasteiger partial charge in [-0.05, 0) is 39.2 Å². The van der Waals surface area contributed by atoms with E-state index in [1.54, 1.807) is 11.4 Å². The van der Waals surface area contributed by atoms with Crippen LogP contribution in [-0.4, -0.2) is 67.7 Å². The lowest BCUT2D eigenvalue weighted by Gasteiger charge is -2.34. The predicted molar refractivity (Wildman–Crippen MR) is 77.2 cm³/mol. The van der Waals surface area contributed by atoms with E-state index >= 15 is 0 Å². The van der Waals surface area contributed by atoms with Gasteiger partial charge in [0.1, 0.15) is 0 Å². The Morgan fingerprint density at radius 3 is 2.37 bits per heavy atom. The van der Waals surface area contributed by atoms with Crippen molar-refractivity contribution in [1.82, 2.24) is 13.5 Å². The van der Waals surface area contributed by atoms with E-state index in [4.69, 9.17) is 0 Å². The summed E-state index contributed by atoms with van der Waals surface area (Å²) in [6.07, 6.45) is 5.78. The molecule has 2 saturated heterocycles. The molecular weight excluding hydrogens is 262 g/mol. The molecule has 0 aromatic rings. The molecule has 5 nitrogen and oxygen atoms in total. The first-order chi connectivity index (χ1) is 9.01. The lowest BCUT2D eigenvalue weighted by Crippen LogP contribution is -2.46. The third-order valence-electron chi connectivity index (χ3n) is 4.43. The Morgan fingerprint density at radius 2 is 1.74 bits per heavy atom. The summed E-state index contributed by atoms with van der Waals surface area (Å²) in [6, 6.07) is 0.594. The molecule has 19 heavy (non-hydrogen) atoms. The molecule has 2 fully saturated rings. The van der Waals surface area contributed by atoms with Gasteiger partial charge < -0.3 is 0 Å². The molecule has 6 heteroatoms. The first-order valence-corrected chi connectivity index (χ1v) is 8.87. The summed E-state index contributed by atoms with van der Waals surface area (Å²) < 4.78 is 27.8. The molecule has 2 rings (SSSR count). The van der Waals surface area contributed by atoms with Crippen LogP contribution < -0.4 is 0 Å². The Labute approximate surface area is 117 Å². The zero-order chi connectivity index (χ0) is 13.9. The summed E-state index contributed by atoms with van der Waals surface area (Å²) in [5.74, 6) is 0. The van der Waals surface area contributed by atoms with Gasteiger partial charge in [0.15, 0.2) is 0 Å². The fourth-order valence-electron chi connectivity index (χ4n) is 2.99. The van der Waals surface area contributed by atoms with E-state index in [1.165, 1.54) is 23.6 Å². The minimum Gasteiger partial charge on any atom is -0.299 e. The monoisotopic (exact) mass is 289 g/mol. The van der Waals surface area contributed by atoms with Gasteiger partial charge in [0.2, 0.25) is 0 Å². The summed E-state index contributed by atoms with van der Waals surface area (Å²) >= 11 is 0.